The fourth-order valence-electron chi connectivity index (χ4n) is 1.92. The number of aromatic nitrogens is 1. The summed E-state index contributed by atoms with van der Waals surface area (Å²) in [6.45, 7) is 0. The number of carbonyl (C=O) groups is 1. The Morgan fingerprint density at radius 1 is 1.16 bits per heavy atom. The maximum atomic E-state index is 12.2. The van der Waals surface area contributed by atoms with E-state index in [-0.39, 0.29) is 5.91 Å². The highest BCUT2D eigenvalue weighted by Gasteiger charge is 2.12. The Balaban J connectivity index is 2.05. The molecule has 94 valence electrons. The lowest BCUT2D eigenvalue weighted by Crippen LogP contribution is -2.12. The smallest absolute Gasteiger partial charge is 0.258 e. The predicted molar refractivity (Wildman–Crippen MR) is 79.0 cm³/mol. The minimum Gasteiger partial charge on any atom is -0.298 e. The lowest BCUT2D eigenvalue weighted by molar-refractivity contribution is 0.102. The molecule has 0 aliphatic carbocycles. The molecule has 0 saturated carbocycles. The van der Waals surface area contributed by atoms with Crippen molar-refractivity contribution in [2.75, 3.05) is 5.32 Å². The Bertz CT molecular complexity index is 740. The zero-order valence-corrected chi connectivity index (χ0v) is 11.3. The van der Waals surface area contributed by atoms with Gasteiger partial charge >= 0.3 is 0 Å². The van der Waals surface area contributed by atoms with Crippen molar-refractivity contribution < 1.29 is 4.79 Å². The first-order valence-corrected chi connectivity index (χ1v) is 6.89. The van der Waals surface area contributed by atoms with Crippen molar-refractivity contribution in [1.82, 2.24) is 4.98 Å². The average Bonchev–Trinajstić information content (AvgIpc) is 2.91. The number of rotatable bonds is 2. The van der Waals surface area contributed by atoms with Crippen molar-refractivity contribution in [1.29, 1.82) is 0 Å². The highest BCUT2D eigenvalue weighted by atomic mass is 35.5. The van der Waals surface area contributed by atoms with E-state index in [4.69, 9.17) is 11.6 Å². The molecule has 0 spiro atoms. The molecule has 1 heterocycles. The third-order valence-corrected chi connectivity index (χ3v) is 3.78. The van der Waals surface area contributed by atoms with Crippen LogP contribution in [0.2, 0.25) is 5.02 Å². The number of nitrogens with one attached hydrogen (secondary N) is 1. The molecule has 1 aromatic heterocycles. The SMILES string of the molecule is O=C(Nc1nccs1)c1cccc2c(Cl)cccc12. The number of hydrogen-bond donors (Lipinski definition) is 1. The normalized spacial score (nSPS) is 10.6. The summed E-state index contributed by atoms with van der Waals surface area (Å²) in [5, 5.41) is 7.53. The molecule has 1 N–H and O–H groups in total. The Morgan fingerprint density at radius 2 is 1.95 bits per heavy atom. The van der Waals surface area contributed by atoms with Gasteiger partial charge in [-0.15, -0.1) is 11.3 Å². The predicted octanol–water partition coefficient (Wildman–Crippen LogP) is 4.20. The molecule has 0 fully saturated rings. The molecule has 3 rings (SSSR count). The van der Waals surface area contributed by atoms with Crippen LogP contribution < -0.4 is 5.32 Å². The molecule has 0 aliphatic heterocycles. The van der Waals surface area contributed by atoms with Gasteiger partial charge in [-0.05, 0) is 17.5 Å². The van der Waals surface area contributed by atoms with Crippen LogP contribution in [0.3, 0.4) is 0 Å². The van der Waals surface area contributed by atoms with Crippen LogP contribution in [-0.4, -0.2) is 10.9 Å². The Labute approximate surface area is 118 Å². The van der Waals surface area contributed by atoms with Crippen molar-refractivity contribution >= 4 is 44.7 Å². The summed E-state index contributed by atoms with van der Waals surface area (Å²) in [6.07, 6.45) is 1.65. The summed E-state index contributed by atoms with van der Waals surface area (Å²) in [6, 6.07) is 11.0. The van der Waals surface area contributed by atoms with E-state index in [2.05, 4.69) is 10.3 Å². The van der Waals surface area contributed by atoms with Gasteiger partial charge in [0, 0.05) is 27.5 Å². The van der Waals surface area contributed by atoms with E-state index in [9.17, 15) is 4.79 Å². The molecular formula is C14H9ClN2OS. The molecule has 3 nitrogen and oxygen atoms in total. The van der Waals surface area contributed by atoms with Crippen molar-refractivity contribution in [3.8, 4) is 0 Å². The lowest BCUT2D eigenvalue weighted by atomic mass is 10.0. The second-order valence-corrected chi connectivity index (χ2v) is 5.23. The van der Waals surface area contributed by atoms with Crippen molar-refractivity contribution in [3.63, 3.8) is 0 Å². The summed E-state index contributed by atoms with van der Waals surface area (Å²) in [5.74, 6) is -0.178. The third kappa shape index (κ3) is 2.32. The number of carbonyl (C=O) groups excluding carboxylic acids is 1. The van der Waals surface area contributed by atoms with E-state index in [0.29, 0.717) is 15.7 Å². The van der Waals surface area contributed by atoms with Gasteiger partial charge in [0.1, 0.15) is 0 Å². The quantitative estimate of drug-likeness (QED) is 0.768. The van der Waals surface area contributed by atoms with E-state index in [1.165, 1.54) is 11.3 Å². The van der Waals surface area contributed by atoms with Crippen molar-refractivity contribution in [2.45, 2.75) is 0 Å². The van der Waals surface area contributed by atoms with Crippen LogP contribution in [0, 0.1) is 0 Å². The van der Waals surface area contributed by atoms with Gasteiger partial charge < -0.3 is 0 Å². The number of benzene rings is 2. The second kappa shape index (κ2) is 4.99. The van der Waals surface area contributed by atoms with Crippen LogP contribution in [0.4, 0.5) is 5.13 Å². The standard InChI is InChI=1S/C14H9ClN2OS/c15-12-6-2-3-9-10(12)4-1-5-11(9)13(18)17-14-16-7-8-19-14/h1-8H,(H,16,17,18). The van der Waals surface area contributed by atoms with Crippen LogP contribution in [0.25, 0.3) is 10.8 Å². The number of halogens is 1. The van der Waals surface area contributed by atoms with Crippen molar-refractivity contribution in [3.05, 3.63) is 58.6 Å². The van der Waals surface area contributed by atoms with Gasteiger partial charge in [-0.3, -0.25) is 10.1 Å². The number of amides is 1. The highest BCUT2D eigenvalue weighted by Crippen LogP contribution is 2.26. The first kappa shape index (κ1) is 12.1. The first-order chi connectivity index (χ1) is 9.25. The molecule has 1 amide bonds. The van der Waals surface area contributed by atoms with Gasteiger partial charge in [-0.2, -0.15) is 0 Å². The molecule has 0 saturated heterocycles. The van der Waals surface area contributed by atoms with Gasteiger partial charge in [0.15, 0.2) is 5.13 Å². The maximum Gasteiger partial charge on any atom is 0.258 e. The van der Waals surface area contributed by atoms with Crippen LogP contribution in [-0.2, 0) is 0 Å². The number of anilines is 1. The summed E-state index contributed by atoms with van der Waals surface area (Å²) in [5.41, 5.74) is 0.593. The minimum atomic E-state index is -0.178. The Hall–Kier alpha value is -1.91. The lowest BCUT2D eigenvalue weighted by Gasteiger charge is -2.07. The summed E-state index contributed by atoms with van der Waals surface area (Å²) >= 11 is 7.52. The monoisotopic (exact) mass is 288 g/mol. The van der Waals surface area contributed by atoms with E-state index in [0.717, 1.165) is 10.8 Å². The fraction of sp³-hybridized carbons (Fsp3) is 0. The molecule has 0 unspecified atom stereocenters. The Kier molecular flexibility index (Phi) is 3.19. The van der Waals surface area contributed by atoms with E-state index in [1.807, 2.05) is 35.7 Å². The number of hydrogen-bond acceptors (Lipinski definition) is 3. The number of fused-ring (bicyclic) bond motifs is 1. The summed E-state index contributed by atoms with van der Waals surface area (Å²) in [7, 11) is 0. The van der Waals surface area contributed by atoms with Crippen LogP contribution in [0.1, 0.15) is 10.4 Å². The number of thiazole rings is 1. The van der Waals surface area contributed by atoms with E-state index < -0.39 is 0 Å². The molecule has 2 aromatic carbocycles. The zero-order valence-electron chi connectivity index (χ0n) is 9.76. The van der Waals surface area contributed by atoms with E-state index >= 15 is 0 Å². The average molecular weight is 289 g/mol. The molecule has 0 bridgehead atoms. The van der Waals surface area contributed by atoms with Crippen LogP contribution >= 0.6 is 22.9 Å². The first-order valence-electron chi connectivity index (χ1n) is 5.64. The molecule has 5 heteroatoms. The van der Waals surface area contributed by atoms with Gasteiger partial charge in [0.2, 0.25) is 0 Å². The third-order valence-electron chi connectivity index (χ3n) is 2.77. The Morgan fingerprint density at radius 3 is 2.74 bits per heavy atom. The van der Waals surface area contributed by atoms with Crippen molar-refractivity contribution in [2.24, 2.45) is 0 Å². The van der Waals surface area contributed by atoms with Gasteiger partial charge in [0.05, 0.1) is 0 Å². The molecule has 0 aliphatic rings. The van der Waals surface area contributed by atoms with Crippen LogP contribution in [0.5, 0.6) is 0 Å². The van der Waals surface area contributed by atoms with Gasteiger partial charge in [0.25, 0.3) is 5.91 Å². The molecule has 3 aromatic rings. The zero-order chi connectivity index (χ0) is 13.2. The van der Waals surface area contributed by atoms with Gasteiger partial charge in [-0.25, -0.2) is 4.98 Å². The summed E-state index contributed by atoms with van der Waals surface area (Å²) < 4.78 is 0. The number of nitrogens with zero attached hydrogens (tertiary/aromatic N) is 1. The second-order valence-electron chi connectivity index (χ2n) is 3.93. The minimum absolute atomic E-state index is 0.178. The molecular weight excluding hydrogens is 280 g/mol. The van der Waals surface area contributed by atoms with E-state index in [1.54, 1.807) is 12.3 Å². The van der Waals surface area contributed by atoms with Gasteiger partial charge in [-0.1, -0.05) is 35.9 Å². The highest BCUT2D eigenvalue weighted by molar-refractivity contribution is 7.13. The fourth-order valence-corrected chi connectivity index (χ4v) is 2.68. The summed E-state index contributed by atoms with van der Waals surface area (Å²) in [4.78, 5) is 16.3. The molecule has 19 heavy (non-hydrogen) atoms. The molecule has 0 atom stereocenters. The van der Waals surface area contributed by atoms with Crippen LogP contribution in [0.15, 0.2) is 48.0 Å². The largest absolute Gasteiger partial charge is 0.298 e. The maximum absolute atomic E-state index is 12.2. The molecule has 0 radical (unpaired) electrons. The topological polar surface area (TPSA) is 42.0 Å².